The molecule has 3 fully saturated rings. The zero-order valence-electron chi connectivity index (χ0n) is 13.5. The van der Waals surface area contributed by atoms with Crippen molar-refractivity contribution in [2.75, 3.05) is 6.54 Å². The van der Waals surface area contributed by atoms with E-state index in [9.17, 15) is 14.7 Å². The van der Waals surface area contributed by atoms with E-state index < -0.39 is 11.9 Å². The highest BCUT2D eigenvalue weighted by Crippen LogP contribution is 2.53. The third-order valence-electron chi connectivity index (χ3n) is 5.94. The van der Waals surface area contributed by atoms with Crippen LogP contribution in [0.1, 0.15) is 39.5 Å². The molecule has 1 unspecified atom stereocenters. The van der Waals surface area contributed by atoms with E-state index in [1.54, 1.807) is 6.92 Å². The van der Waals surface area contributed by atoms with Crippen molar-refractivity contribution in [1.82, 2.24) is 4.90 Å². The van der Waals surface area contributed by atoms with Gasteiger partial charge >= 0.3 is 5.97 Å². The first kappa shape index (κ1) is 15.1. The number of hydrogen-bond donors (Lipinski definition) is 1. The van der Waals surface area contributed by atoms with Gasteiger partial charge in [0.2, 0.25) is 5.79 Å². The number of amides is 1. The highest BCUT2D eigenvalue weighted by molar-refractivity contribution is 5.90. The summed E-state index contributed by atoms with van der Waals surface area (Å²) >= 11 is 0. The Labute approximate surface area is 135 Å². The standard InChI is InChI=1S/C17H23NO5/c1-3-10-14-11-7-12(19)15(20)18(11)6-4-5-13(14)22-17(10)8-9(2)16(21)23-17/h8,10-14,19H,3-7H2,1-2H3/t10-,11-,12+,13+,14+,17?/m0/s1. The molecular weight excluding hydrogens is 298 g/mol. The van der Waals surface area contributed by atoms with Crippen molar-refractivity contribution in [3.63, 3.8) is 0 Å². The molecule has 1 amide bonds. The summed E-state index contributed by atoms with van der Waals surface area (Å²) in [7, 11) is 0. The number of rotatable bonds is 1. The average Bonchev–Trinajstić information content (AvgIpc) is 3.01. The maximum atomic E-state index is 12.2. The van der Waals surface area contributed by atoms with E-state index in [0.29, 0.717) is 18.5 Å². The Morgan fingerprint density at radius 1 is 1.43 bits per heavy atom. The second-order valence-electron chi connectivity index (χ2n) is 7.18. The fourth-order valence-electron chi connectivity index (χ4n) is 5.03. The quantitative estimate of drug-likeness (QED) is 0.729. The van der Waals surface area contributed by atoms with Crippen LogP contribution < -0.4 is 0 Å². The molecule has 0 saturated carbocycles. The van der Waals surface area contributed by atoms with Crippen LogP contribution >= 0.6 is 0 Å². The van der Waals surface area contributed by atoms with Crippen LogP contribution in [0.2, 0.25) is 0 Å². The minimum Gasteiger partial charge on any atom is -0.426 e. The van der Waals surface area contributed by atoms with Gasteiger partial charge in [-0.2, -0.15) is 0 Å². The van der Waals surface area contributed by atoms with Crippen LogP contribution in [-0.2, 0) is 19.1 Å². The molecule has 4 rings (SSSR count). The summed E-state index contributed by atoms with van der Waals surface area (Å²) in [5.41, 5.74) is 0.583. The smallest absolute Gasteiger partial charge is 0.336 e. The van der Waals surface area contributed by atoms with Crippen molar-refractivity contribution in [3.8, 4) is 0 Å². The van der Waals surface area contributed by atoms with Gasteiger partial charge in [-0.15, -0.1) is 0 Å². The number of carbonyl (C=O) groups excluding carboxylic acids is 2. The molecule has 0 aromatic heterocycles. The summed E-state index contributed by atoms with van der Waals surface area (Å²) in [6.07, 6.45) is 3.82. The monoisotopic (exact) mass is 321 g/mol. The van der Waals surface area contributed by atoms with Crippen LogP contribution in [0.15, 0.2) is 11.6 Å². The zero-order chi connectivity index (χ0) is 16.4. The Balaban J connectivity index is 1.72. The molecule has 4 heterocycles. The van der Waals surface area contributed by atoms with Crippen LogP contribution in [-0.4, -0.2) is 52.5 Å². The minimum absolute atomic E-state index is 0.0117. The summed E-state index contributed by atoms with van der Waals surface area (Å²) in [5, 5.41) is 10.0. The average molecular weight is 321 g/mol. The number of hydrogen-bond acceptors (Lipinski definition) is 5. The lowest BCUT2D eigenvalue weighted by Crippen LogP contribution is -2.44. The first-order chi connectivity index (χ1) is 11.0. The summed E-state index contributed by atoms with van der Waals surface area (Å²) in [4.78, 5) is 26.0. The highest BCUT2D eigenvalue weighted by atomic mass is 16.7. The topological polar surface area (TPSA) is 76.1 Å². The van der Waals surface area contributed by atoms with Crippen LogP contribution in [0.4, 0.5) is 0 Å². The van der Waals surface area contributed by atoms with E-state index >= 15 is 0 Å². The number of aliphatic hydroxyl groups is 1. The van der Waals surface area contributed by atoms with Gasteiger partial charge in [-0.25, -0.2) is 4.79 Å². The Bertz CT molecular complexity index is 588. The molecule has 0 aromatic carbocycles. The summed E-state index contributed by atoms with van der Waals surface area (Å²) in [6.45, 7) is 4.49. The largest absolute Gasteiger partial charge is 0.426 e. The molecule has 6 atom stereocenters. The molecule has 0 radical (unpaired) electrons. The van der Waals surface area contributed by atoms with Crippen molar-refractivity contribution in [1.29, 1.82) is 0 Å². The molecule has 4 aliphatic heterocycles. The van der Waals surface area contributed by atoms with Crippen molar-refractivity contribution in [2.24, 2.45) is 11.8 Å². The Morgan fingerprint density at radius 3 is 2.87 bits per heavy atom. The van der Waals surface area contributed by atoms with Crippen molar-refractivity contribution >= 4 is 11.9 Å². The Morgan fingerprint density at radius 2 is 2.22 bits per heavy atom. The van der Waals surface area contributed by atoms with E-state index in [0.717, 1.165) is 19.3 Å². The van der Waals surface area contributed by atoms with Crippen molar-refractivity contribution in [2.45, 2.75) is 63.6 Å². The maximum Gasteiger partial charge on any atom is 0.336 e. The molecule has 0 bridgehead atoms. The van der Waals surface area contributed by atoms with Gasteiger partial charge in [-0.1, -0.05) is 6.92 Å². The fraction of sp³-hybridized carbons (Fsp3) is 0.765. The van der Waals surface area contributed by atoms with E-state index in [1.165, 1.54) is 0 Å². The van der Waals surface area contributed by atoms with E-state index in [1.807, 2.05) is 11.0 Å². The van der Waals surface area contributed by atoms with E-state index in [4.69, 9.17) is 9.47 Å². The van der Waals surface area contributed by atoms with Gasteiger partial charge in [0, 0.05) is 36.4 Å². The first-order valence-electron chi connectivity index (χ1n) is 8.56. The SMILES string of the molecule is CC[C@H]1[C@H]2[C@@H](CCCN3C(=O)[C@H](O)C[C@@H]23)OC12C=C(C)C(=O)O2. The molecule has 126 valence electrons. The Hall–Kier alpha value is -1.40. The van der Waals surface area contributed by atoms with Gasteiger partial charge in [0.25, 0.3) is 5.91 Å². The van der Waals surface area contributed by atoms with Crippen LogP contribution in [0.25, 0.3) is 0 Å². The van der Waals surface area contributed by atoms with Crippen molar-refractivity contribution < 1.29 is 24.2 Å². The predicted octanol–water partition coefficient (Wildman–Crippen LogP) is 0.983. The molecule has 0 aliphatic carbocycles. The molecule has 23 heavy (non-hydrogen) atoms. The van der Waals surface area contributed by atoms with Gasteiger partial charge < -0.3 is 19.5 Å². The Kier molecular flexibility index (Phi) is 3.32. The lowest BCUT2D eigenvalue weighted by molar-refractivity contribution is -0.204. The summed E-state index contributed by atoms with van der Waals surface area (Å²) < 4.78 is 11.9. The van der Waals surface area contributed by atoms with E-state index in [-0.39, 0.29) is 35.9 Å². The van der Waals surface area contributed by atoms with Gasteiger partial charge in [-0.3, -0.25) is 4.79 Å². The molecule has 4 aliphatic rings. The zero-order valence-corrected chi connectivity index (χ0v) is 13.5. The van der Waals surface area contributed by atoms with Crippen LogP contribution in [0, 0.1) is 11.8 Å². The molecule has 0 aromatic rings. The van der Waals surface area contributed by atoms with Crippen LogP contribution in [0.3, 0.4) is 0 Å². The number of carbonyl (C=O) groups is 2. The van der Waals surface area contributed by atoms with Gasteiger partial charge in [0.15, 0.2) is 0 Å². The minimum atomic E-state index is -0.981. The second-order valence-corrected chi connectivity index (χ2v) is 7.18. The molecule has 3 saturated heterocycles. The molecule has 1 N–H and O–H groups in total. The third kappa shape index (κ3) is 2.01. The summed E-state index contributed by atoms with van der Waals surface area (Å²) in [5.74, 6) is -1.36. The lowest BCUT2D eigenvalue weighted by atomic mass is 9.77. The number of fused-ring (bicyclic) bond motifs is 3. The van der Waals surface area contributed by atoms with Gasteiger partial charge in [0.1, 0.15) is 6.10 Å². The molecule has 6 nitrogen and oxygen atoms in total. The predicted molar refractivity (Wildman–Crippen MR) is 80.1 cm³/mol. The highest BCUT2D eigenvalue weighted by Gasteiger charge is 2.62. The number of aliphatic hydroxyl groups excluding tert-OH is 1. The normalized spacial score (nSPS) is 45.8. The van der Waals surface area contributed by atoms with Crippen molar-refractivity contribution in [3.05, 3.63) is 11.6 Å². The lowest BCUT2D eigenvalue weighted by Gasteiger charge is -2.33. The number of ether oxygens (including phenoxy) is 2. The third-order valence-corrected chi connectivity index (χ3v) is 5.94. The number of nitrogens with zero attached hydrogens (tertiary/aromatic N) is 1. The van der Waals surface area contributed by atoms with Gasteiger partial charge in [0.05, 0.1) is 6.10 Å². The fourth-order valence-corrected chi connectivity index (χ4v) is 5.03. The van der Waals surface area contributed by atoms with Gasteiger partial charge in [-0.05, 0) is 32.3 Å². The van der Waals surface area contributed by atoms with Crippen LogP contribution in [0.5, 0.6) is 0 Å². The second kappa shape index (κ2) is 5.05. The van der Waals surface area contributed by atoms with E-state index in [2.05, 4.69) is 6.92 Å². The molecule has 1 spiro atoms. The number of esters is 1. The molecule has 6 heteroatoms. The maximum absolute atomic E-state index is 12.2. The summed E-state index contributed by atoms with van der Waals surface area (Å²) in [6, 6.07) is -0.0256. The first-order valence-corrected chi connectivity index (χ1v) is 8.56. The molecular formula is C17H23NO5.